The van der Waals surface area contributed by atoms with Gasteiger partial charge in [0.05, 0.1) is 7.11 Å². The highest BCUT2D eigenvalue weighted by Gasteiger charge is 2.30. The summed E-state index contributed by atoms with van der Waals surface area (Å²) >= 11 is 0. The first kappa shape index (κ1) is 25.1. The minimum atomic E-state index is -1.16. The normalized spacial score (nSPS) is 12.9. The molecule has 0 fully saturated rings. The van der Waals surface area contributed by atoms with Crippen molar-refractivity contribution in [2.45, 2.75) is 32.2 Å². The van der Waals surface area contributed by atoms with Crippen molar-refractivity contribution in [2.24, 2.45) is 0 Å². The van der Waals surface area contributed by atoms with Gasteiger partial charge in [0.25, 0.3) is 0 Å². The van der Waals surface area contributed by atoms with Crippen molar-refractivity contribution in [3.8, 4) is 16.9 Å². The number of anilines is 1. The number of carboxylic acids is 1. The SMILES string of the molecule is CCN(CC)c1ccc(CC(NC(=O)OCC2c3ccccc3-c3ccccc32)C(=O)O)c(OC)c1. The average molecular weight is 489 g/mol. The fourth-order valence-corrected chi connectivity index (χ4v) is 4.89. The summed E-state index contributed by atoms with van der Waals surface area (Å²) in [5.41, 5.74) is 6.15. The number of benzene rings is 3. The number of nitrogens with one attached hydrogen (secondary N) is 1. The molecule has 7 nitrogen and oxygen atoms in total. The third-order valence-electron chi connectivity index (χ3n) is 6.76. The predicted octanol–water partition coefficient (Wildman–Crippen LogP) is 5.08. The van der Waals surface area contributed by atoms with Crippen LogP contribution >= 0.6 is 0 Å². The molecule has 36 heavy (non-hydrogen) atoms. The summed E-state index contributed by atoms with van der Waals surface area (Å²) in [6.07, 6.45) is -0.690. The predicted molar refractivity (Wildman–Crippen MR) is 140 cm³/mol. The van der Waals surface area contributed by atoms with Crippen LogP contribution in [0.2, 0.25) is 0 Å². The van der Waals surface area contributed by atoms with E-state index in [-0.39, 0.29) is 18.9 Å². The summed E-state index contributed by atoms with van der Waals surface area (Å²) < 4.78 is 11.1. The highest BCUT2D eigenvalue weighted by Crippen LogP contribution is 2.44. The van der Waals surface area contributed by atoms with Crippen molar-refractivity contribution >= 4 is 17.7 Å². The van der Waals surface area contributed by atoms with Crippen molar-refractivity contribution in [2.75, 3.05) is 31.7 Å². The molecule has 1 unspecified atom stereocenters. The van der Waals surface area contributed by atoms with Crippen LogP contribution in [0.3, 0.4) is 0 Å². The zero-order valence-corrected chi connectivity index (χ0v) is 20.9. The lowest BCUT2D eigenvalue weighted by Crippen LogP contribution is -2.43. The van der Waals surface area contributed by atoms with Crippen molar-refractivity contribution in [1.82, 2.24) is 5.32 Å². The third-order valence-corrected chi connectivity index (χ3v) is 6.76. The second kappa shape index (κ2) is 11.2. The second-order valence-corrected chi connectivity index (χ2v) is 8.73. The molecule has 0 aliphatic heterocycles. The second-order valence-electron chi connectivity index (χ2n) is 8.73. The number of amides is 1. The zero-order valence-electron chi connectivity index (χ0n) is 20.9. The van der Waals surface area contributed by atoms with E-state index in [0.29, 0.717) is 11.3 Å². The molecule has 3 aromatic rings. The van der Waals surface area contributed by atoms with Crippen LogP contribution in [0.5, 0.6) is 5.75 Å². The molecule has 0 saturated heterocycles. The number of rotatable bonds is 10. The van der Waals surface area contributed by atoms with E-state index in [4.69, 9.17) is 9.47 Å². The number of carbonyl (C=O) groups excluding carboxylic acids is 1. The molecular formula is C29H32N2O5. The molecule has 3 aromatic carbocycles. The first-order valence-corrected chi connectivity index (χ1v) is 12.2. The summed E-state index contributed by atoms with van der Waals surface area (Å²) in [4.78, 5) is 26.8. The Morgan fingerprint density at radius 1 is 0.972 bits per heavy atom. The molecule has 0 radical (unpaired) electrons. The van der Waals surface area contributed by atoms with E-state index >= 15 is 0 Å². The number of aliphatic carboxylic acids is 1. The molecule has 0 heterocycles. The van der Waals surface area contributed by atoms with Crippen LogP contribution in [-0.2, 0) is 16.0 Å². The first-order valence-electron chi connectivity index (χ1n) is 12.2. The Bertz CT molecular complexity index is 1190. The smallest absolute Gasteiger partial charge is 0.407 e. The maximum absolute atomic E-state index is 12.7. The van der Waals surface area contributed by atoms with Gasteiger partial charge in [0.2, 0.25) is 0 Å². The first-order chi connectivity index (χ1) is 17.5. The van der Waals surface area contributed by atoms with Crippen molar-refractivity contribution < 1.29 is 24.2 Å². The fourth-order valence-electron chi connectivity index (χ4n) is 4.89. The molecule has 0 aromatic heterocycles. The van der Waals surface area contributed by atoms with Crippen molar-refractivity contribution in [3.63, 3.8) is 0 Å². The van der Waals surface area contributed by atoms with E-state index in [1.807, 2.05) is 54.6 Å². The van der Waals surface area contributed by atoms with Crippen LogP contribution < -0.4 is 15.0 Å². The molecule has 4 rings (SSSR count). The molecule has 0 spiro atoms. The van der Waals surface area contributed by atoms with Gasteiger partial charge in [-0.05, 0) is 47.7 Å². The van der Waals surface area contributed by atoms with E-state index in [1.54, 1.807) is 7.11 Å². The number of nitrogens with zero attached hydrogens (tertiary/aromatic N) is 1. The van der Waals surface area contributed by atoms with Crippen LogP contribution in [0.25, 0.3) is 11.1 Å². The number of hydrogen-bond acceptors (Lipinski definition) is 5. The summed E-state index contributed by atoms with van der Waals surface area (Å²) in [6.45, 7) is 5.96. The summed E-state index contributed by atoms with van der Waals surface area (Å²) in [6, 6.07) is 20.7. The monoisotopic (exact) mass is 488 g/mol. The van der Waals surface area contributed by atoms with E-state index in [9.17, 15) is 14.7 Å². The lowest BCUT2D eigenvalue weighted by Gasteiger charge is -2.23. The Balaban J connectivity index is 1.44. The van der Waals surface area contributed by atoms with Crippen LogP contribution in [-0.4, -0.2) is 50.0 Å². The van der Waals surface area contributed by atoms with Crippen LogP contribution in [0.15, 0.2) is 66.7 Å². The maximum Gasteiger partial charge on any atom is 0.407 e. The number of fused-ring (bicyclic) bond motifs is 3. The van der Waals surface area contributed by atoms with Gasteiger partial charge in [-0.2, -0.15) is 0 Å². The van der Waals surface area contributed by atoms with Crippen LogP contribution in [0.4, 0.5) is 10.5 Å². The Hall–Kier alpha value is -4.00. The minimum Gasteiger partial charge on any atom is -0.496 e. The third kappa shape index (κ3) is 5.15. The van der Waals surface area contributed by atoms with Crippen LogP contribution in [0, 0.1) is 0 Å². The molecular weight excluding hydrogens is 456 g/mol. The molecule has 0 bridgehead atoms. The number of carboxylic acid groups (broad SMARTS) is 1. The van der Waals surface area contributed by atoms with Crippen LogP contribution in [0.1, 0.15) is 36.5 Å². The van der Waals surface area contributed by atoms with Gasteiger partial charge in [0, 0.05) is 37.2 Å². The maximum atomic E-state index is 12.7. The largest absolute Gasteiger partial charge is 0.496 e. The fraction of sp³-hybridized carbons (Fsp3) is 0.310. The number of hydrogen-bond donors (Lipinski definition) is 2. The minimum absolute atomic E-state index is 0.0707. The number of alkyl carbamates (subject to hydrolysis) is 1. The van der Waals surface area contributed by atoms with Gasteiger partial charge >= 0.3 is 12.1 Å². The van der Waals surface area contributed by atoms with Gasteiger partial charge in [-0.3, -0.25) is 0 Å². The standard InChI is InChI=1S/C29H32N2O5/c1-4-31(5-2)20-15-14-19(27(17-20)35-3)16-26(28(32)33)30-29(34)36-18-25-23-12-8-6-10-21(23)22-11-7-9-13-24(22)25/h6-15,17,25-26H,4-5,16,18H2,1-3H3,(H,30,34)(H,32,33). The molecule has 7 heteroatoms. The zero-order chi connectivity index (χ0) is 25.7. The highest BCUT2D eigenvalue weighted by molar-refractivity contribution is 5.81. The average Bonchev–Trinajstić information content (AvgIpc) is 3.22. The Morgan fingerprint density at radius 2 is 1.58 bits per heavy atom. The molecule has 1 aliphatic carbocycles. The quantitative estimate of drug-likeness (QED) is 0.414. The molecule has 188 valence electrons. The lowest BCUT2D eigenvalue weighted by atomic mass is 9.98. The highest BCUT2D eigenvalue weighted by atomic mass is 16.5. The molecule has 2 N–H and O–H groups in total. The van der Waals surface area contributed by atoms with E-state index < -0.39 is 18.1 Å². The van der Waals surface area contributed by atoms with E-state index in [2.05, 4.69) is 36.2 Å². The lowest BCUT2D eigenvalue weighted by molar-refractivity contribution is -0.139. The van der Waals surface area contributed by atoms with Gasteiger partial charge in [0.15, 0.2) is 0 Å². The summed E-state index contributed by atoms with van der Waals surface area (Å²) in [5.74, 6) is -0.655. The number of ether oxygens (including phenoxy) is 2. The van der Waals surface area contributed by atoms with Gasteiger partial charge in [-0.25, -0.2) is 9.59 Å². The Labute approximate surface area is 211 Å². The summed E-state index contributed by atoms with van der Waals surface area (Å²) in [5, 5.41) is 12.3. The van der Waals surface area contributed by atoms with E-state index in [1.165, 1.54) is 0 Å². The van der Waals surface area contributed by atoms with Gasteiger partial charge in [0.1, 0.15) is 18.4 Å². The molecule has 1 atom stereocenters. The molecule has 1 aliphatic rings. The molecule has 0 saturated carbocycles. The summed E-state index contributed by atoms with van der Waals surface area (Å²) in [7, 11) is 1.56. The Morgan fingerprint density at radius 3 is 2.14 bits per heavy atom. The van der Waals surface area contributed by atoms with Gasteiger partial charge in [-0.1, -0.05) is 54.6 Å². The topological polar surface area (TPSA) is 88.1 Å². The molecule has 1 amide bonds. The Kier molecular flexibility index (Phi) is 7.78. The van der Waals surface area contributed by atoms with Gasteiger partial charge in [-0.15, -0.1) is 0 Å². The number of methoxy groups -OCH3 is 1. The van der Waals surface area contributed by atoms with E-state index in [0.717, 1.165) is 41.0 Å². The van der Waals surface area contributed by atoms with Gasteiger partial charge < -0.3 is 24.8 Å². The number of carbonyl (C=O) groups is 2. The van der Waals surface area contributed by atoms with Crippen molar-refractivity contribution in [3.05, 3.63) is 83.4 Å². The van der Waals surface area contributed by atoms with Crippen molar-refractivity contribution in [1.29, 1.82) is 0 Å².